The third kappa shape index (κ3) is 3.03. The topological polar surface area (TPSA) is 24.9 Å². The van der Waals surface area contributed by atoms with Crippen LogP contribution >= 0.6 is 11.3 Å². The molecule has 0 spiro atoms. The van der Waals surface area contributed by atoms with Crippen molar-refractivity contribution in [3.63, 3.8) is 0 Å². The first-order chi connectivity index (χ1) is 9.26. The highest BCUT2D eigenvalue weighted by molar-refractivity contribution is 7.11. The van der Waals surface area contributed by atoms with Crippen LogP contribution in [0.3, 0.4) is 0 Å². The number of nitrogens with zero attached hydrogens (tertiary/aromatic N) is 1. The Morgan fingerprint density at radius 2 is 2.32 bits per heavy atom. The highest BCUT2D eigenvalue weighted by atomic mass is 32.1. The summed E-state index contributed by atoms with van der Waals surface area (Å²) in [6, 6.07) is 0.551. The lowest BCUT2D eigenvalue weighted by molar-refractivity contribution is 0.280. The third-order valence-corrected chi connectivity index (χ3v) is 6.07. The summed E-state index contributed by atoms with van der Waals surface area (Å²) in [6.45, 7) is 5.49. The molecule has 0 amide bonds. The van der Waals surface area contributed by atoms with E-state index in [9.17, 15) is 0 Å². The number of rotatable bonds is 6. The van der Waals surface area contributed by atoms with E-state index >= 15 is 0 Å². The summed E-state index contributed by atoms with van der Waals surface area (Å²) in [5, 5.41) is 4.96. The van der Waals surface area contributed by atoms with Crippen molar-refractivity contribution < 1.29 is 0 Å². The fourth-order valence-electron chi connectivity index (χ4n) is 4.13. The van der Waals surface area contributed by atoms with Gasteiger partial charge in [0, 0.05) is 17.1 Å². The van der Waals surface area contributed by atoms with Crippen LogP contribution in [-0.2, 0) is 0 Å². The fourth-order valence-corrected chi connectivity index (χ4v) is 5.00. The van der Waals surface area contributed by atoms with Crippen LogP contribution in [0.15, 0.2) is 6.20 Å². The Bertz CT molecular complexity index is 415. The maximum absolute atomic E-state index is 4.45. The molecule has 0 radical (unpaired) electrons. The second kappa shape index (κ2) is 5.92. The zero-order chi connectivity index (χ0) is 13.2. The van der Waals surface area contributed by atoms with E-state index in [0.29, 0.717) is 6.04 Å². The minimum absolute atomic E-state index is 0.551. The van der Waals surface area contributed by atoms with Crippen molar-refractivity contribution in [3.05, 3.63) is 16.1 Å². The van der Waals surface area contributed by atoms with Crippen LogP contribution in [-0.4, -0.2) is 11.5 Å². The third-order valence-electron chi connectivity index (χ3n) is 5.05. The van der Waals surface area contributed by atoms with Crippen molar-refractivity contribution in [2.24, 2.45) is 17.8 Å². The molecule has 106 valence electrons. The van der Waals surface area contributed by atoms with Gasteiger partial charge in [0.1, 0.15) is 0 Å². The average molecular weight is 278 g/mol. The zero-order valence-corrected chi connectivity index (χ0v) is 13.0. The standard InChI is InChI=1S/C16H26N2S/c1-3-6-17-15(16-10-18-11(2)19-16)9-14-8-12-4-5-13(14)7-12/h10,12-15,17H,3-9H2,1-2H3. The molecule has 1 aromatic rings. The molecule has 0 aliphatic heterocycles. The van der Waals surface area contributed by atoms with Crippen molar-refractivity contribution in [1.82, 2.24) is 10.3 Å². The summed E-state index contributed by atoms with van der Waals surface area (Å²) >= 11 is 1.88. The molecule has 2 saturated carbocycles. The van der Waals surface area contributed by atoms with E-state index in [1.54, 1.807) is 0 Å². The molecule has 3 heteroatoms. The van der Waals surface area contributed by atoms with Gasteiger partial charge >= 0.3 is 0 Å². The first kappa shape index (κ1) is 13.6. The number of aryl methyl sites for hydroxylation is 1. The van der Waals surface area contributed by atoms with Crippen LogP contribution in [0.4, 0.5) is 0 Å². The van der Waals surface area contributed by atoms with Gasteiger partial charge in [0.25, 0.3) is 0 Å². The molecule has 4 unspecified atom stereocenters. The van der Waals surface area contributed by atoms with E-state index in [-0.39, 0.29) is 0 Å². The van der Waals surface area contributed by atoms with Crippen molar-refractivity contribution >= 4 is 11.3 Å². The number of nitrogens with one attached hydrogen (secondary N) is 1. The highest BCUT2D eigenvalue weighted by Gasteiger charge is 2.40. The number of hydrogen-bond donors (Lipinski definition) is 1. The van der Waals surface area contributed by atoms with Crippen LogP contribution in [0.5, 0.6) is 0 Å². The lowest BCUT2D eigenvalue weighted by Crippen LogP contribution is -2.25. The van der Waals surface area contributed by atoms with E-state index in [2.05, 4.69) is 30.3 Å². The van der Waals surface area contributed by atoms with Crippen molar-refractivity contribution in [3.8, 4) is 0 Å². The first-order valence-electron chi connectivity index (χ1n) is 7.92. The van der Waals surface area contributed by atoms with Crippen molar-refractivity contribution in [2.45, 2.75) is 58.4 Å². The quantitative estimate of drug-likeness (QED) is 0.838. The predicted octanol–water partition coefficient (Wildman–Crippen LogP) is 4.32. The monoisotopic (exact) mass is 278 g/mol. The Morgan fingerprint density at radius 1 is 1.42 bits per heavy atom. The van der Waals surface area contributed by atoms with E-state index in [1.807, 2.05) is 11.3 Å². The maximum atomic E-state index is 4.45. The number of hydrogen-bond acceptors (Lipinski definition) is 3. The average Bonchev–Trinajstić information content (AvgIpc) is 3.10. The van der Waals surface area contributed by atoms with Crippen molar-refractivity contribution in [2.75, 3.05) is 6.54 Å². The summed E-state index contributed by atoms with van der Waals surface area (Å²) in [5.41, 5.74) is 0. The van der Waals surface area contributed by atoms with Gasteiger partial charge in [-0.25, -0.2) is 4.98 Å². The molecule has 3 rings (SSSR count). The predicted molar refractivity (Wildman–Crippen MR) is 81.4 cm³/mol. The van der Waals surface area contributed by atoms with Gasteiger partial charge in [-0.1, -0.05) is 13.3 Å². The second-order valence-electron chi connectivity index (χ2n) is 6.46. The Hall–Kier alpha value is -0.410. The molecular formula is C16H26N2S. The molecule has 2 bridgehead atoms. The summed E-state index contributed by atoms with van der Waals surface area (Å²) in [5.74, 6) is 3.06. The van der Waals surface area contributed by atoms with Gasteiger partial charge in [-0.15, -0.1) is 11.3 Å². The van der Waals surface area contributed by atoms with Crippen LogP contribution in [0.1, 0.15) is 61.4 Å². The van der Waals surface area contributed by atoms with Crippen LogP contribution in [0.2, 0.25) is 0 Å². The molecular weight excluding hydrogens is 252 g/mol. The lowest BCUT2D eigenvalue weighted by atomic mass is 9.84. The van der Waals surface area contributed by atoms with E-state index < -0.39 is 0 Å². The van der Waals surface area contributed by atoms with E-state index in [4.69, 9.17) is 0 Å². The smallest absolute Gasteiger partial charge is 0.0897 e. The summed E-state index contributed by atoms with van der Waals surface area (Å²) < 4.78 is 0. The molecule has 0 saturated heterocycles. The first-order valence-corrected chi connectivity index (χ1v) is 8.73. The normalized spacial score (nSPS) is 30.9. The Morgan fingerprint density at radius 3 is 2.89 bits per heavy atom. The Labute approximate surface area is 121 Å². The molecule has 2 aliphatic carbocycles. The minimum atomic E-state index is 0.551. The van der Waals surface area contributed by atoms with E-state index in [0.717, 1.165) is 24.3 Å². The van der Waals surface area contributed by atoms with Crippen LogP contribution in [0, 0.1) is 24.7 Å². The van der Waals surface area contributed by atoms with Crippen LogP contribution < -0.4 is 5.32 Å². The van der Waals surface area contributed by atoms with Crippen LogP contribution in [0.25, 0.3) is 0 Å². The zero-order valence-electron chi connectivity index (χ0n) is 12.2. The van der Waals surface area contributed by atoms with Gasteiger partial charge in [0.05, 0.1) is 5.01 Å². The van der Waals surface area contributed by atoms with Gasteiger partial charge < -0.3 is 5.32 Å². The molecule has 2 fully saturated rings. The molecule has 4 atom stereocenters. The van der Waals surface area contributed by atoms with E-state index in [1.165, 1.54) is 48.4 Å². The molecule has 1 N–H and O–H groups in total. The number of thiazole rings is 1. The Balaban J connectivity index is 1.65. The molecule has 0 aromatic carbocycles. The minimum Gasteiger partial charge on any atom is -0.309 e. The lowest BCUT2D eigenvalue weighted by Gasteiger charge is -2.26. The fraction of sp³-hybridized carbons (Fsp3) is 0.812. The molecule has 1 heterocycles. The van der Waals surface area contributed by atoms with Gasteiger partial charge in [0.15, 0.2) is 0 Å². The summed E-state index contributed by atoms with van der Waals surface area (Å²) in [7, 11) is 0. The molecule has 19 heavy (non-hydrogen) atoms. The van der Waals surface area contributed by atoms with Gasteiger partial charge in [0.2, 0.25) is 0 Å². The molecule has 2 aliphatic rings. The second-order valence-corrected chi connectivity index (χ2v) is 7.73. The highest BCUT2D eigenvalue weighted by Crippen LogP contribution is 2.51. The summed E-state index contributed by atoms with van der Waals surface area (Å²) in [4.78, 5) is 5.90. The number of fused-ring (bicyclic) bond motifs is 2. The summed E-state index contributed by atoms with van der Waals surface area (Å²) in [6.07, 6.45) is 10.7. The molecule has 1 aromatic heterocycles. The van der Waals surface area contributed by atoms with Gasteiger partial charge in [-0.2, -0.15) is 0 Å². The number of aromatic nitrogens is 1. The largest absolute Gasteiger partial charge is 0.309 e. The van der Waals surface area contributed by atoms with Gasteiger partial charge in [-0.3, -0.25) is 0 Å². The maximum Gasteiger partial charge on any atom is 0.0897 e. The van der Waals surface area contributed by atoms with Gasteiger partial charge in [-0.05, 0) is 63.3 Å². The molecule has 2 nitrogen and oxygen atoms in total. The SMILES string of the molecule is CCCNC(CC1CC2CCC1C2)c1cnc(C)s1. The Kier molecular flexibility index (Phi) is 4.23. The van der Waals surface area contributed by atoms with Crippen molar-refractivity contribution in [1.29, 1.82) is 0 Å².